The van der Waals surface area contributed by atoms with Gasteiger partial charge in [-0.3, -0.25) is 8.78 Å². The van der Waals surface area contributed by atoms with E-state index < -0.39 is 19.0 Å². The molecular weight excluding hydrogens is 208 g/mol. The van der Waals surface area contributed by atoms with E-state index in [0.717, 1.165) is 18.2 Å². The van der Waals surface area contributed by atoms with Crippen molar-refractivity contribution in [3.63, 3.8) is 0 Å². The van der Waals surface area contributed by atoms with E-state index >= 15 is 0 Å². The summed E-state index contributed by atoms with van der Waals surface area (Å²) in [5, 5.41) is 21.5. The normalized spacial score (nSPS) is 7.77. The molecule has 0 bridgehead atoms. The van der Waals surface area contributed by atoms with Gasteiger partial charge in [-0.1, -0.05) is 0 Å². The van der Waals surface area contributed by atoms with Crippen molar-refractivity contribution in [3.8, 4) is 0 Å². The Morgan fingerprint density at radius 2 is 1.38 bits per heavy atom. The van der Waals surface area contributed by atoms with Crippen LogP contribution in [0.2, 0.25) is 0 Å². The summed E-state index contributed by atoms with van der Waals surface area (Å²) in [5.74, 6) is -1.19. The predicted octanol–water partition coefficient (Wildman–Crippen LogP) is -3.28. The monoisotopic (exact) mass is 214 g/mol. The number of benzene rings is 1. The Hall–Kier alpha value is 0.661. The standard InChI is InChI=1S/C6H3F2.BH3O3.K/c7-5-2-1-3-6(8)4-5;2-1(3)4;/h2-4H;2-4H;/q-1;;+1. The van der Waals surface area contributed by atoms with Gasteiger partial charge in [-0.25, -0.2) is 0 Å². The minimum atomic E-state index is -2.17. The maximum atomic E-state index is 11.9. The van der Waals surface area contributed by atoms with E-state index in [1.165, 1.54) is 0 Å². The van der Waals surface area contributed by atoms with E-state index in [2.05, 4.69) is 6.07 Å². The van der Waals surface area contributed by atoms with Gasteiger partial charge >= 0.3 is 58.7 Å². The third kappa shape index (κ3) is 12.7. The molecule has 1 rings (SSSR count). The Morgan fingerprint density at radius 1 is 1.08 bits per heavy atom. The molecule has 7 heteroatoms. The van der Waals surface area contributed by atoms with Crippen LogP contribution >= 0.6 is 0 Å². The Balaban J connectivity index is 0. The number of hydrogen-bond acceptors (Lipinski definition) is 3. The molecule has 66 valence electrons. The molecule has 0 amide bonds. The minimum Gasteiger partial charge on any atom is -0.402 e. The fraction of sp³-hybridized carbons (Fsp3) is 0. The summed E-state index contributed by atoms with van der Waals surface area (Å²) in [6.45, 7) is 0. The summed E-state index contributed by atoms with van der Waals surface area (Å²) in [5.41, 5.74) is 0. The number of rotatable bonds is 0. The van der Waals surface area contributed by atoms with E-state index in [4.69, 9.17) is 15.1 Å². The molecule has 13 heavy (non-hydrogen) atoms. The number of halogens is 2. The zero-order chi connectivity index (χ0) is 9.56. The van der Waals surface area contributed by atoms with Crippen LogP contribution < -0.4 is 51.4 Å². The molecule has 0 saturated heterocycles. The summed E-state index contributed by atoms with van der Waals surface area (Å²) >= 11 is 0. The van der Waals surface area contributed by atoms with Crippen molar-refractivity contribution < 1.29 is 75.2 Å². The Labute approximate surface area is 117 Å². The van der Waals surface area contributed by atoms with Gasteiger partial charge in [0.1, 0.15) is 0 Å². The van der Waals surface area contributed by atoms with Gasteiger partial charge in [0.05, 0.1) is 0 Å². The van der Waals surface area contributed by atoms with E-state index in [9.17, 15) is 8.78 Å². The summed E-state index contributed by atoms with van der Waals surface area (Å²) in [6.07, 6.45) is 0. The second kappa shape index (κ2) is 9.23. The first-order chi connectivity index (χ1) is 5.52. The molecule has 1 aromatic carbocycles. The molecule has 0 heterocycles. The van der Waals surface area contributed by atoms with Crippen LogP contribution in [0.5, 0.6) is 0 Å². The van der Waals surface area contributed by atoms with Crippen LogP contribution in [0.15, 0.2) is 18.2 Å². The van der Waals surface area contributed by atoms with E-state index in [-0.39, 0.29) is 51.4 Å². The van der Waals surface area contributed by atoms with Gasteiger partial charge in [0.15, 0.2) is 0 Å². The minimum absolute atomic E-state index is 0. The molecule has 3 N–H and O–H groups in total. The zero-order valence-electron chi connectivity index (χ0n) is 6.91. The molecule has 0 spiro atoms. The zero-order valence-corrected chi connectivity index (χ0v) is 10.0. The SMILES string of the molecule is Fc1c[c-]cc(F)c1.OB(O)O.[K+]. The van der Waals surface area contributed by atoms with Crippen LogP contribution in [0.3, 0.4) is 0 Å². The van der Waals surface area contributed by atoms with Crippen LogP contribution in [0, 0.1) is 17.7 Å². The molecule has 0 aliphatic carbocycles. The van der Waals surface area contributed by atoms with Crippen molar-refractivity contribution in [1.82, 2.24) is 0 Å². The fourth-order valence-electron chi connectivity index (χ4n) is 0.416. The van der Waals surface area contributed by atoms with Crippen LogP contribution in [0.4, 0.5) is 8.78 Å². The molecule has 0 fully saturated rings. The summed E-state index contributed by atoms with van der Waals surface area (Å²) in [6, 6.07) is 5.23. The van der Waals surface area contributed by atoms with Crippen molar-refractivity contribution in [2.24, 2.45) is 0 Å². The second-order valence-corrected chi connectivity index (χ2v) is 1.72. The topological polar surface area (TPSA) is 60.7 Å². The molecule has 0 atom stereocenters. The van der Waals surface area contributed by atoms with E-state index in [1.807, 2.05) is 0 Å². The summed E-state index contributed by atoms with van der Waals surface area (Å²) in [4.78, 5) is 0. The van der Waals surface area contributed by atoms with Crippen molar-refractivity contribution in [2.45, 2.75) is 0 Å². The van der Waals surface area contributed by atoms with Gasteiger partial charge in [-0.15, -0.1) is 18.2 Å². The van der Waals surface area contributed by atoms with Gasteiger partial charge in [-0.05, 0) is 0 Å². The van der Waals surface area contributed by atoms with Gasteiger partial charge in [0, 0.05) is 11.6 Å². The van der Waals surface area contributed by atoms with Gasteiger partial charge in [-0.2, -0.15) is 6.07 Å². The average molecular weight is 214 g/mol. The molecule has 0 aliphatic heterocycles. The summed E-state index contributed by atoms with van der Waals surface area (Å²) in [7, 11) is -2.17. The first-order valence-corrected chi connectivity index (χ1v) is 2.88. The average Bonchev–Trinajstić information content (AvgIpc) is 1.84. The fourth-order valence-corrected chi connectivity index (χ4v) is 0.416. The Kier molecular flexibility index (Phi) is 11.4. The maximum absolute atomic E-state index is 11.9. The van der Waals surface area contributed by atoms with Crippen LogP contribution in [-0.2, 0) is 0 Å². The first-order valence-electron chi connectivity index (χ1n) is 2.88. The molecule has 3 nitrogen and oxygen atoms in total. The van der Waals surface area contributed by atoms with Crippen molar-refractivity contribution >= 4 is 7.32 Å². The van der Waals surface area contributed by atoms with Crippen LogP contribution in [-0.4, -0.2) is 22.4 Å². The largest absolute Gasteiger partial charge is 1.00 e. The third-order valence-corrected chi connectivity index (χ3v) is 0.718. The molecule has 0 unspecified atom stereocenters. The Morgan fingerprint density at radius 3 is 1.54 bits per heavy atom. The third-order valence-electron chi connectivity index (χ3n) is 0.718. The van der Waals surface area contributed by atoms with Crippen LogP contribution in [0.25, 0.3) is 0 Å². The molecule has 0 radical (unpaired) electrons. The molecule has 0 aromatic heterocycles. The van der Waals surface area contributed by atoms with Crippen molar-refractivity contribution in [1.29, 1.82) is 0 Å². The van der Waals surface area contributed by atoms with E-state index in [0.29, 0.717) is 0 Å². The smallest absolute Gasteiger partial charge is 0.402 e. The molecule has 0 saturated carbocycles. The van der Waals surface area contributed by atoms with Gasteiger partial charge in [0.25, 0.3) is 0 Å². The second-order valence-electron chi connectivity index (χ2n) is 1.72. The summed E-state index contributed by atoms with van der Waals surface area (Å²) < 4.78 is 23.8. The molecule has 1 aromatic rings. The van der Waals surface area contributed by atoms with Crippen molar-refractivity contribution in [3.05, 3.63) is 35.9 Å². The first kappa shape index (κ1) is 16.1. The molecular formula is C6H6BF2KO3. The Bertz CT molecular complexity index is 217. The molecule has 0 aliphatic rings. The van der Waals surface area contributed by atoms with Gasteiger partial charge < -0.3 is 15.1 Å². The quantitative estimate of drug-likeness (QED) is 0.313. The predicted molar refractivity (Wildman–Crippen MR) is 37.6 cm³/mol. The maximum Gasteiger partial charge on any atom is 1.00 e. The van der Waals surface area contributed by atoms with Crippen LogP contribution in [0.1, 0.15) is 0 Å². The van der Waals surface area contributed by atoms with E-state index in [1.54, 1.807) is 0 Å². The number of hydrogen-bond donors (Lipinski definition) is 3. The van der Waals surface area contributed by atoms with Crippen molar-refractivity contribution in [2.75, 3.05) is 0 Å². The van der Waals surface area contributed by atoms with Gasteiger partial charge in [0.2, 0.25) is 0 Å².